The van der Waals surface area contributed by atoms with Crippen LogP contribution in [0.25, 0.3) is 0 Å². The van der Waals surface area contributed by atoms with Crippen molar-refractivity contribution in [2.45, 2.75) is 25.8 Å². The van der Waals surface area contributed by atoms with E-state index < -0.39 is 0 Å². The molecule has 0 aromatic carbocycles. The van der Waals surface area contributed by atoms with Gasteiger partial charge in [0, 0.05) is 19.5 Å². The normalized spacial score (nSPS) is 29.3. The summed E-state index contributed by atoms with van der Waals surface area (Å²) in [5.41, 5.74) is 0. The lowest BCUT2D eigenvalue weighted by Gasteiger charge is -2.34. The first kappa shape index (κ1) is 8.53. The van der Waals surface area contributed by atoms with Crippen molar-refractivity contribution in [2.75, 3.05) is 13.6 Å². The molecule has 0 spiro atoms. The lowest BCUT2D eigenvalue weighted by atomic mass is 9.80. The highest BCUT2D eigenvalue weighted by atomic mass is 16.1. The van der Waals surface area contributed by atoms with Crippen LogP contribution in [0, 0.1) is 5.92 Å². The molecule has 0 saturated heterocycles. The van der Waals surface area contributed by atoms with Gasteiger partial charge in [0.05, 0.1) is 0 Å². The van der Waals surface area contributed by atoms with Gasteiger partial charge in [-0.3, -0.25) is 4.79 Å². The van der Waals surface area contributed by atoms with E-state index in [9.17, 15) is 4.79 Å². The number of amides is 1. The molecule has 1 saturated carbocycles. The van der Waals surface area contributed by atoms with E-state index in [0.717, 1.165) is 6.54 Å². The molecular formula is C8H16N2O. The van der Waals surface area contributed by atoms with Gasteiger partial charge in [-0.25, -0.2) is 0 Å². The van der Waals surface area contributed by atoms with Crippen LogP contribution in [0.2, 0.25) is 0 Å². The van der Waals surface area contributed by atoms with E-state index >= 15 is 0 Å². The van der Waals surface area contributed by atoms with Crippen LogP contribution in [0.3, 0.4) is 0 Å². The van der Waals surface area contributed by atoms with Gasteiger partial charge in [0.1, 0.15) is 0 Å². The van der Waals surface area contributed by atoms with Crippen molar-refractivity contribution >= 4 is 5.91 Å². The fourth-order valence-electron chi connectivity index (χ4n) is 1.43. The highest BCUT2D eigenvalue weighted by molar-refractivity contribution is 5.72. The third kappa shape index (κ3) is 2.50. The molecule has 0 aromatic rings. The summed E-state index contributed by atoms with van der Waals surface area (Å²) < 4.78 is 0. The molecule has 0 unspecified atom stereocenters. The Bertz CT molecular complexity index is 141. The molecule has 1 aliphatic rings. The molecule has 1 rings (SSSR count). The van der Waals surface area contributed by atoms with Crippen LogP contribution in [0.1, 0.15) is 19.8 Å². The lowest BCUT2D eigenvalue weighted by Crippen LogP contribution is -2.43. The minimum Gasteiger partial charge on any atom is -0.356 e. The third-order valence-corrected chi connectivity index (χ3v) is 2.28. The predicted molar refractivity (Wildman–Crippen MR) is 44.3 cm³/mol. The van der Waals surface area contributed by atoms with Crippen molar-refractivity contribution < 1.29 is 4.79 Å². The molecular weight excluding hydrogens is 140 g/mol. The molecule has 0 aromatic heterocycles. The maximum absolute atomic E-state index is 10.5. The zero-order valence-electron chi connectivity index (χ0n) is 7.18. The first-order valence-corrected chi connectivity index (χ1v) is 4.14. The minimum absolute atomic E-state index is 0.0814. The van der Waals surface area contributed by atoms with Crippen molar-refractivity contribution in [3.05, 3.63) is 0 Å². The molecule has 1 aliphatic carbocycles. The molecule has 0 heterocycles. The zero-order chi connectivity index (χ0) is 8.27. The van der Waals surface area contributed by atoms with Crippen LogP contribution in [-0.2, 0) is 4.79 Å². The monoisotopic (exact) mass is 156 g/mol. The van der Waals surface area contributed by atoms with Gasteiger partial charge in [-0.1, -0.05) is 0 Å². The van der Waals surface area contributed by atoms with E-state index in [1.165, 1.54) is 12.8 Å². The number of carbonyl (C=O) groups is 1. The topological polar surface area (TPSA) is 41.1 Å². The van der Waals surface area contributed by atoms with Crippen molar-refractivity contribution in [1.29, 1.82) is 0 Å². The molecule has 0 aliphatic heterocycles. The van der Waals surface area contributed by atoms with Crippen molar-refractivity contribution in [3.8, 4) is 0 Å². The number of carbonyl (C=O) groups excluding carboxylic acids is 1. The van der Waals surface area contributed by atoms with Gasteiger partial charge in [0.25, 0.3) is 0 Å². The Balaban J connectivity index is 2.00. The van der Waals surface area contributed by atoms with Gasteiger partial charge in [0.2, 0.25) is 5.91 Å². The summed E-state index contributed by atoms with van der Waals surface area (Å²) in [4.78, 5) is 10.5. The summed E-state index contributed by atoms with van der Waals surface area (Å²) in [6.07, 6.45) is 2.41. The molecule has 11 heavy (non-hydrogen) atoms. The van der Waals surface area contributed by atoms with Gasteiger partial charge in [0.15, 0.2) is 0 Å². The number of hydrogen-bond donors (Lipinski definition) is 2. The fraction of sp³-hybridized carbons (Fsp3) is 0.875. The third-order valence-electron chi connectivity index (χ3n) is 2.28. The molecule has 0 atom stereocenters. The van der Waals surface area contributed by atoms with Crippen LogP contribution in [0.5, 0.6) is 0 Å². The Morgan fingerprint density at radius 3 is 2.64 bits per heavy atom. The molecule has 2 N–H and O–H groups in total. The number of nitrogens with one attached hydrogen (secondary N) is 2. The van der Waals surface area contributed by atoms with Gasteiger partial charge in [-0.05, 0) is 25.8 Å². The molecule has 1 amide bonds. The smallest absolute Gasteiger partial charge is 0.216 e. The summed E-state index contributed by atoms with van der Waals surface area (Å²) >= 11 is 0. The molecule has 3 heteroatoms. The predicted octanol–water partition coefficient (Wildman–Crippen LogP) is 0.120. The molecule has 1 fully saturated rings. The fourth-order valence-corrected chi connectivity index (χ4v) is 1.43. The van der Waals surface area contributed by atoms with Crippen LogP contribution in [0.15, 0.2) is 0 Å². The standard InChI is InChI=1S/C8H16N2O/c1-6(11)10-5-7-3-8(4-7)9-2/h7-9H,3-5H2,1-2H3,(H,10,11). The Kier molecular flexibility index (Phi) is 2.88. The summed E-state index contributed by atoms with van der Waals surface area (Å²) in [5.74, 6) is 0.786. The summed E-state index contributed by atoms with van der Waals surface area (Å²) in [7, 11) is 1.99. The van der Waals surface area contributed by atoms with Gasteiger partial charge in [-0.2, -0.15) is 0 Å². The summed E-state index contributed by atoms with van der Waals surface area (Å²) in [6.45, 7) is 2.42. The molecule has 0 bridgehead atoms. The average Bonchev–Trinajstić information content (AvgIpc) is 1.84. The number of hydrogen-bond acceptors (Lipinski definition) is 2. The summed E-state index contributed by atoms with van der Waals surface area (Å²) in [5, 5.41) is 6.03. The second-order valence-corrected chi connectivity index (χ2v) is 3.26. The van der Waals surface area contributed by atoms with E-state index in [2.05, 4.69) is 10.6 Å². The van der Waals surface area contributed by atoms with Gasteiger partial charge < -0.3 is 10.6 Å². The highest BCUT2D eigenvalue weighted by Crippen LogP contribution is 2.25. The van der Waals surface area contributed by atoms with Crippen molar-refractivity contribution in [3.63, 3.8) is 0 Å². The quantitative estimate of drug-likeness (QED) is 0.609. The SMILES string of the molecule is CNC1CC(CNC(C)=O)C1. The number of rotatable bonds is 3. The van der Waals surface area contributed by atoms with Gasteiger partial charge >= 0.3 is 0 Å². The molecule has 0 radical (unpaired) electrons. The van der Waals surface area contributed by atoms with E-state index in [1.807, 2.05) is 7.05 Å². The minimum atomic E-state index is 0.0814. The first-order valence-electron chi connectivity index (χ1n) is 4.14. The van der Waals surface area contributed by atoms with Crippen LogP contribution < -0.4 is 10.6 Å². The Hall–Kier alpha value is -0.570. The van der Waals surface area contributed by atoms with E-state index in [0.29, 0.717) is 12.0 Å². The lowest BCUT2D eigenvalue weighted by molar-refractivity contribution is -0.119. The van der Waals surface area contributed by atoms with E-state index in [-0.39, 0.29) is 5.91 Å². The Labute approximate surface area is 67.5 Å². The van der Waals surface area contributed by atoms with Crippen LogP contribution in [-0.4, -0.2) is 25.5 Å². The highest BCUT2D eigenvalue weighted by Gasteiger charge is 2.27. The Morgan fingerprint density at radius 2 is 2.18 bits per heavy atom. The second kappa shape index (κ2) is 3.72. The maximum atomic E-state index is 10.5. The van der Waals surface area contributed by atoms with Crippen LogP contribution >= 0.6 is 0 Å². The Morgan fingerprint density at radius 1 is 1.55 bits per heavy atom. The molecule has 64 valence electrons. The first-order chi connectivity index (χ1) is 5.22. The summed E-state index contributed by atoms with van der Waals surface area (Å²) in [6, 6.07) is 0.689. The van der Waals surface area contributed by atoms with Crippen molar-refractivity contribution in [1.82, 2.24) is 10.6 Å². The largest absolute Gasteiger partial charge is 0.356 e. The van der Waals surface area contributed by atoms with Crippen LogP contribution in [0.4, 0.5) is 0 Å². The zero-order valence-corrected chi connectivity index (χ0v) is 7.18. The van der Waals surface area contributed by atoms with Crippen molar-refractivity contribution in [2.24, 2.45) is 5.92 Å². The second-order valence-electron chi connectivity index (χ2n) is 3.26. The molecule has 3 nitrogen and oxygen atoms in total. The maximum Gasteiger partial charge on any atom is 0.216 e. The van der Waals surface area contributed by atoms with E-state index in [1.54, 1.807) is 6.92 Å². The van der Waals surface area contributed by atoms with Gasteiger partial charge in [-0.15, -0.1) is 0 Å². The average molecular weight is 156 g/mol. The van der Waals surface area contributed by atoms with E-state index in [4.69, 9.17) is 0 Å².